The van der Waals surface area contributed by atoms with Gasteiger partial charge in [-0.15, -0.1) is 0 Å². The van der Waals surface area contributed by atoms with Crippen molar-refractivity contribution in [2.45, 2.75) is 50.4 Å². The van der Waals surface area contributed by atoms with E-state index in [1.54, 1.807) is 0 Å². The van der Waals surface area contributed by atoms with E-state index in [1.807, 2.05) is 0 Å². The SMILES string of the molecule is COC1(C(N)c2cnccc2C(F)(F)F)CCC(C)CC1. The van der Waals surface area contributed by atoms with Crippen LogP contribution < -0.4 is 5.73 Å². The summed E-state index contributed by atoms with van der Waals surface area (Å²) >= 11 is 0. The van der Waals surface area contributed by atoms with Gasteiger partial charge in [-0.05, 0) is 37.7 Å². The van der Waals surface area contributed by atoms with Crippen LogP contribution in [0.15, 0.2) is 18.5 Å². The van der Waals surface area contributed by atoms with Crippen LogP contribution in [0.1, 0.15) is 49.8 Å². The molecule has 1 aromatic heterocycles. The number of ether oxygens (including phenoxy) is 1. The molecule has 0 spiro atoms. The normalized spacial score (nSPS) is 28.4. The van der Waals surface area contributed by atoms with Crippen molar-refractivity contribution in [3.05, 3.63) is 29.6 Å². The van der Waals surface area contributed by atoms with E-state index >= 15 is 0 Å². The lowest BCUT2D eigenvalue weighted by atomic mass is 9.73. The summed E-state index contributed by atoms with van der Waals surface area (Å²) < 4.78 is 45.0. The van der Waals surface area contributed by atoms with Crippen molar-refractivity contribution in [3.63, 3.8) is 0 Å². The van der Waals surface area contributed by atoms with Crippen molar-refractivity contribution in [2.24, 2.45) is 11.7 Å². The Bertz CT molecular complexity index is 482. The maximum atomic E-state index is 13.1. The average molecular weight is 302 g/mol. The summed E-state index contributed by atoms with van der Waals surface area (Å²) in [5, 5.41) is 0. The first-order valence-corrected chi connectivity index (χ1v) is 7.12. The highest BCUT2D eigenvalue weighted by atomic mass is 19.4. The van der Waals surface area contributed by atoms with Crippen LogP contribution in [0.3, 0.4) is 0 Å². The molecule has 2 rings (SSSR count). The van der Waals surface area contributed by atoms with Gasteiger partial charge in [0.2, 0.25) is 0 Å². The Hall–Kier alpha value is -1.14. The number of nitrogens with two attached hydrogens (primary N) is 1. The van der Waals surface area contributed by atoms with Crippen LogP contribution in [0, 0.1) is 5.92 Å². The predicted molar refractivity (Wildman–Crippen MR) is 73.5 cm³/mol. The van der Waals surface area contributed by atoms with Crippen molar-refractivity contribution in [1.29, 1.82) is 0 Å². The van der Waals surface area contributed by atoms with Crippen LogP contribution in [0.25, 0.3) is 0 Å². The highest BCUT2D eigenvalue weighted by Crippen LogP contribution is 2.44. The Morgan fingerprint density at radius 3 is 2.52 bits per heavy atom. The summed E-state index contributed by atoms with van der Waals surface area (Å²) in [4.78, 5) is 3.82. The minimum atomic E-state index is -4.44. The van der Waals surface area contributed by atoms with Crippen molar-refractivity contribution < 1.29 is 17.9 Å². The van der Waals surface area contributed by atoms with Crippen LogP contribution in [0.5, 0.6) is 0 Å². The summed E-state index contributed by atoms with van der Waals surface area (Å²) in [6, 6.07) is 0.143. The summed E-state index contributed by atoms with van der Waals surface area (Å²) in [7, 11) is 1.53. The van der Waals surface area contributed by atoms with Crippen LogP contribution in [-0.4, -0.2) is 17.7 Å². The fourth-order valence-corrected chi connectivity index (χ4v) is 3.09. The molecular formula is C15H21F3N2O. The van der Waals surface area contributed by atoms with Crippen LogP contribution in [0.4, 0.5) is 13.2 Å². The third kappa shape index (κ3) is 3.21. The van der Waals surface area contributed by atoms with Crippen molar-refractivity contribution in [3.8, 4) is 0 Å². The maximum absolute atomic E-state index is 13.1. The van der Waals surface area contributed by atoms with E-state index in [1.165, 1.54) is 13.3 Å². The van der Waals surface area contributed by atoms with E-state index in [2.05, 4.69) is 11.9 Å². The molecule has 1 saturated carbocycles. The van der Waals surface area contributed by atoms with E-state index in [0.717, 1.165) is 25.1 Å². The standard InChI is InChI=1S/C15H21F3N2O/c1-10-3-6-14(21-2,7-4-10)13(19)11-9-20-8-5-12(11)15(16,17)18/h5,8-10,13H,3-4,6-7,19H2,1-2H3. The lowest BCUT2D eigenvalue weighted by Crippen LogP contribution is -2.46. The van der Waals surface area contributed by atoms with Crippen LogP contribution >= 0.6 is 0 Å². The Balaban J connectivity index is 2.37. The number of hydrogen-bond acceptors (Lipinski definition) is 3. The van der Waals surface area contributed by atoms with Crippen molar-refractivity contribution in [1.82, 2.24) is 4.98 Å². The third-order valence-electron chi connectivity index (χ3n) is 4.59. The fourth-order valence-electron chi connectivity index (χ4n) is 3.09. The number of methoxy groups -OCH3 is 1. The molecule has 1 aliphatic rings. The number of rotatable bonds is 3. The van der Waals surface area contributed by atoms with Gasteiger partial charge in [-0.25, -0.2) is 0 Å². The van der Waals surface area contributed by atoms with Gasteiger partial charge in [0.15, 0.2) is 0 Å². The summed E-state index contributed by atoms with van der Waals surface area (Å²) in [6.45, 7) is 2.14. The molecule has 6 heteroatoms. The van der Waals surface area contributed by atoms with Gasteiger partial charge < -0.3 is 10.5 Å². The second-order valence-electron chi connectivity index (χ2n) is 5.89. The molecule has 2 N–H and O–H groups in total. The van der Waals surface area contributed by atoms with Crippen molar-refractivity contribution >= 4 is 0 Å². The van der Waals surface area contributed by atoms with Gasteiger partial charge in [-0.3, -0.25) is 4.98 Å². The summed E-state index contributed by atoms with van der Waals surface area (Å²) in [6.07, 6.45) is 1.06. The lowest BCUT2D eigenvalue weighted by Gasteiger charge is -2.43. The molecular weight excluding hydrogens is 281 g/mol. The molecule has 0 radical (unpaired) electrons. The first kappa shape index (κ1) is 16.2. The van der Waals surface area contributed by atoms with Crippen LogP contribution in [-0.2, 0) is 10.9 Å². The largest absolute Gasteiger partial charge is 0.416 e. The smallest absolute Gasteiger partial charge is 0.376 e. The molecule has 1 unspecified atom stereocenters. The minimum Gasteiger partial charge on any atom is -0.376 e. The third-order valence-corrected chi connectivity index (χ3v) is 4.59. The van der Waals surface area contributed by atoms with E-state index in [9.17, 15) is 13.2 Å². The number of pyridine rings is 1. The first-order chi connectivity index (χ1) is 9.80. The molecule has 1 heterocycles. The van der Waals surface area contributed by atoms with E-state index in [4.69, 9.17) is 10.5 Å². The molecule has 0 bridgehead atoms. The minimum absolute atomic E-state index is 0.0152. The van der Waals surface area contributed by atoms with Gasteiger partial charge in [0.1, 0.15) is 0 Å². The maximum Gasteiger partial charge on any atom is 0.416 e. The highest BCUT2D eigenvalue weighted by molar-refractivity contribution is 5.31. The van der Waals surface area contributed by atoms with Crippen molar-refractivity contribution in [2.75, 3.05) is 7.11 Å². The number of aromatic nitrogens is 1. The first-order valence-electron chi connectivity index (χ1n) is 7.12. The number of halogens is 3. The quantitative estimate of drug-likeness (QED) is 0.926. The molecule has 1 aromatic rings. The topological polar surface area (TPSA) is 48.1 Å². The average Bonchev–Trinajstić information content (AvgIpc) is 2.47. The number of alkyl halides is 3. The van der Waals surface area contributed by atoms with E-state index in [0.29, 0.717) is 18.8 Å². The molecule has 1 atom stereocenters. The van der Waals surface area contributed by atoms with Gasteiger partial charge in [0.05, 0.1) is 17.2 Å². The number of hydrogen-bond donors (Lipinski definition) is 1. The molecule has 0 saturated heterocycles. The molecule has 0 aromatic carbocycles. The van der Waals surface area contributed by atoms with Gasteiger partial charge in [-0.2, -0.15) is 13.2 Å². The zero-order valence-electron chi connectivity index (χ0n) is 12.3. The molecule has 0 aliphatic heterocycles. The molecule has 1 aliphatic carbocycles. The Morgan fingerprint density at radius 2 is 2.00 bits per heavy atom. The molecule has 1 fully saturated rings. The Kier molecular flexibility index (Phi) is 4.58. The second-order valence-corrected chi connectivity index (χ2v) is 5.89. The Morgan fingerprint density at radius 1 is 1.38 bits per heavy atom. The van der Waals surface area contributed by atoms with Gasteiger partial charge >= 0.3 is 6.18 Å². The zero-order valence-corrected chi connectivity index (χ0v) is 12.3. The van der Waals surface area contributed by atoms with Crippen LogP contribution in [0.2, 0.25) is 0 Å². The van der Waals surface area contributed by atoms with Gasteiger partial charge in [0, 0.05) is 25.1 Å². The predicted octanol–water partition coefficient (Wildman–Crippen LogP) is 3.70. The van der Waals surface area contributed by atoms with E-state index < -0.39 is 23.4 Å². The molecule has 3 nitrogen and oxygen atoms in total. The van der Waals surface area contributed by atoms with E-state index in [-0.39, 0.29) is 5.56 Å². The molecule has 21 heavy (non-hydrogen) atoms. The lowest BCUT2D eigenvalue weighted by molar-refractivity contribution is -0.139. The molecule has 0 amide bonds. The number of nitrogens with zero attached hydrogens (tertiary/aromatic N) is 1. The zero-order chi connectivity index (χ0) is 15.7. The fraction of sp³-hybridized carbons (Fsp3) is 0.667. The van der Waals surface area contributed by atoms with Gasteiger partial charge in [0.25, 0.3) is 0 Å². The monoisotopic (exact) mass is 302 g/mol. The summed E-state index contributed by atoms with van der Waals surface area (Å²) in [5.41, 5.74) is 4.75. The second kappa shape index (κ2) is 5.93. The summed E-state index contributed by atoms with van der Waals surface area (Å²) in [5.74, 6) is 0.552. The molecule has 118 valence electrons. The van der Waals surface area contributed by atoms with Gasteiger partial charge in [-0.1, -0.05) is 6.92 Å². The Labute approximate surface area is 122 Å². The highest BCUT2D eigenvalue weighted by Gasteiger charge is 2.44.